The van der Waals surface area contributed by atoms with E-state index in [4.69, 9.17) is 12.9 Å². The van der Waals surface area contributed by atoms with Crippen LogP contribution in [0.15, 0.2) is 91.0 Å². The van der Waals surface area contributed by atoms with E-state index in [1.54, 1.807) is 0 Å². The Morgan fingerprint density at radius 1 is 0.545 bits per heavy atom. The Bertz CT molecular complexity index is 693. The zero-order chi connectivity index (χ0) is 15.5. The molecule has 1 nitrogen and oxygen atoms in total. The molecule has 0 atom stereocenters. The summed E-state index contributed by atoms with van der Waals surface area (Å²) in [4.78, 5) is 13.7. The summed E-state index contributed by atoms with van der Waals surface area (Å²) < 4.78 is 8.03. The molecule has 22 heavy (non-hydrogen) atoms. The van der Waals surface area contributed by atoms with Crippen molar-refractivity contribution in [1.82, 2.24) is 0 Å². The van der Waals surface area contributed by atoms with Gasteiger partial charge in [-0.2, -0.15) is 0 Å². The molecule has 4 radical (unpaired) electrons. The van der Waals surface area contributed by atoms with Crippen LogP contribution in [0.5, 0.6) is 5.75 Å². The minimum atomic E-state index is -4.48. The van der Waals surface area contributed by atoms with Gasteiger partial charge in [0.05, 0.1) is 0 Å². The van der Waals surface area contributed by atoms with Crippen molar-refractivity contribution in [2.75, 3.05) is 0 Å². The van der Waals surface area contributed by atoms with E-state index in [9.17, 15) is 0 Å². The van der Waals surface area contributed by atoms with Gasteiger partial charge in [-0.3, -0.25) is 0 Å². The average Bonchev–Trinajstić information content (AvgIpc) is 2.57. The van der Waals surface area contributed by atoms with Crippen LogP contribution in [0.25, 0.3) is 0 Å². The number of hydrogen-bond acceptors (Lipinski definition) is 1. The second-order valence-corrected chi connectivity index (χ2v) is 13.6. The van der Waals surface area contributed by atoms with Crippen molar-refractivity contribution in [1.29, 1.82) is 0 Å². The Kier molecular flexibility index (Phi) is 3.96. The van der Waals surface area contributed by atoms with Crippen LogP contribution in [0.4, 0.5) is 0 Å². The van der Waals surface area contributed by atoms with Gasteiger partial charge in [0.1, 0.15) is 0 Å². The first-order chi connectivity index (χ1) is 10.6. The summed E-state index contributed by atoms with van der Waals surface area (Å²) in [5.74, 6) is 0.689. The topological polar surface area (TPSA) is 9.23 Å². The third-order valence-corrected chi connectivity index (χ3v) is 11.4. The van der Waals surface area contributed by atoms with Crippen molar-refractivity contribution in [3.63, 3.8) is 0 Å². The Balaban J connectivity index is 2.19. The number of hydrogen-bond donors (Lipinski definition) is 0. The zero-order valence-electron chi connectivity index (χ0n) is 12.1. The molecule has 0 aromatic heterocycles. The first kappa shape index (κ1) is 15.1. The van der Waals surface area contributed by atoms with Gasteiger partial charge in [-0.25, -0.2) is 0 Å². The van der Waals surface area contributed by atoms with E-state index in [2.05, 4.69) is 0 Å². The molecule has 0 saturated heterocycles. The molecule has 0 N–H and O–H groups in total. The second-order valence-electron chi connectivity index (χ2n) is 4.97. The van der Waals surface area contributed by atoms with Crippen molar-refractivity contribution in [3.05, 3.63) is 108 Å². The fraction of sp³-hybridized carbons (Fsp3) is 0. The molecule has 3 aromatic carbocycles. The van der Waals surface area contributed by atoms with Gasteiger partial charge in [0.25, 0.3) is 0 Å². The van der Waals surface area contributed by atoms with E-state index in [0.717, 1.165) is 7.14 Å². The molecule has 0 unspecified atom stereocenters. The number of para-hydroxylation sites is 1. The Hall–Kier alpha value is -1.81. The van der Waals surface area contributed by atoms with Crippen LogP contribution in [-0.4, -0.2) is 0 Å². The summed E-state index contributed by atoms with van der Waals surface area (Å²) in [5.41, 5.74) is 0. The fourth-order valence-corrected chi connectivity index (χ4v) is 8.64. The summed E-state index contributed by atoms with van der Waals surface area (Å²) in [7, 11) is 0. The van der Waals surface area contributed by atoms with Gasteiger partial charge >= 0.3 is 134 Å². The molecule has 0 amide bonds. The van der Waals surface area contributed by atoms with Crippen LogP contribution in [0.1, 0.15) is 0 Å². The van der Waals surface area contributed by atoms with Crippen molar-refractivity contribution >= 4 is 17.5 Å². The molecule has 110 valence electrons. The van der Waals surface area contributed by atoms with E-state index < -0.39 is 17.5 Å². The molecule has 3 aromatic rings. The molecular weight excluding hydrogens is 383 g/mol. The van der Waals surface area contributed by atoms with Crippen molar-refractivity contribution in [3.8, 4) is 5.75 Å². The first-order valence-electron chi connectivity index (χ1n) is 6.90. The summed E-state index contributed by atoms with van der Waals surface area (Å²) in [6, 6.07) is 29.0. The minimum absolute atomic E-state index is 0.689. The van der Waals surface area contributed by atoms with E-state index >= 15 is 0 Å². The van der Waals surface area contributed by atoms with E-state index in [0.29, 0.717) is 5.75 Å². The monoisotopic (exact) mass is 400 g/mol. The molecule has 3 rings (SSSR count). The summed E-state index contributed by atoms with van der Waals surface area (Å²) in [6.45, 7) is 0. The third-order valence-electron chi connectivity index (χ3n) is 3.37. The molecule has 2 heteroatoms. The normalized spacial score (nSPS) is 13.1. The van der Waals surface area contributed by atoms with Gasteiger partial charge in [0.15, 0.2) is 0 Å². The van der Waals surface area contributed by atoms with Crippen molar-refractivity contribution < 1.29 is 3.07 Å². The molecule has 0 spiro atoms. The van der Waals surface area contributed by atoms with Gasteiger partial charge in [0.2, 0.25) is 0 Å². The molecule has 0 aliphatic rings. The van der Waals surface area contributed by atoms with Gasteiger partial charge in [0, 0.05) is 0 Å². The quantitative estimate of drug-likeness (QED) is 0.516. The molecule has 0 saturated carbocycles. The molecule has 0 aliphatic heterocycles. The maximum absolute atomic E-state index is 6.86. The summed E-state index contributed by atoms with van der Waals surface area (Å²) >= 11 is -4.48. The maximum atomic E-state index is 6.86. The van der Waals surface area contributed by atoms with Gasteiger partial charge in [-0.1, -0.05) is 0 Å². The number of benzene rings is 3. The first-order valence-corrected chi connectivity index (χ1v) is 12.4. The molecule has 0 bridgehead atoms. The van der Waals surface area contributed by atoms with E-state index in [1.807, 2.05) is 91.0 Å². The SMILES string of the molecule is [CH]I([CH])(Oc1ccccc1)(c1ccccc1)c1ccccc1. The fourth-order valence-electron chi connectivity index (χ4n) is 2.23. The van der Waals surface area contributed by atoms with Crippen LogP contribution < -0.4 is 3.07 Å². The number of rotatable bonds is 4. The average molecular weight is 400 g/mol. The van der Waals surface area contributed by atoms with E-state index in [1.165, 1.54) is 0 Å². The molecular formula is C20H17IO. The van der Waals surface area contributed by atoms with Crippen LogP contribution in [0, 0.1) is 17.0 Å². The molecule has 0 fully saturated rings. The Labute approximate surface area is 134 Å². The van der Waals surface area contributed by atoms with Gasteiger partial charge in [-0.05, 0) is 0 Å². The van der Waals surface area contributed by atoms with E-state index in [-0.39, 0.29) is 0 Å². The van der Waals surface area contributed by atoms with Crippen molar-refractivity contribution in [2.24, 2.45) is 0 Å². The van der Waals surface area contributed by atoms with Crippen LogP contribution in [0.2, 0.25) is 0 Å². The Morgan fingerprint density at radius 2 is 0.909 bits per heavy atom. The molecule has 0 aliphatic carbocycles. The number of halogens is 1. The van der Waals surface area contributed by atoms with Crippen LogP contribution in [0.3, 0.4) is 0 Å². The Morgan fingerprint density at radius 3 is 1.32 bits per heavy atom. The van der Waals surface area contributed by atoms with Crippen LogP contribution >= 0.6 is 17.5 Å². The summed E-state index contributed by atoms with van der Waals surface area (Å²) in [6.07, 6.45) is 0. The standard InChI is InChI=1S/C20H17IO/c1-21(2,18-12-6-3-7-13-18,19-14-8-4-9-15-19)22-20-16-10-5-11-17-20/h1-17H. The van der Waals surface area contributed by atoms with Crippen molar-refractivity contribution in [2.45, 2.75) is 0 Å². The predicted octanol–water partition coefficient (Wildman–Crippen LogP) is 5.63. The van der Waals surface area contributed by atoms with Crippen LogP contribution in [-0.2, 0) is 0 Å². The predicted molar refractivity (Wildman–Crippen MR) is 100.0 cm³/mol. The second kappa shape index (κ2) is 5.76. The zero-order valence-corrected chi connectivity index (χ0v) is 14.3. The van der Waals surface area contributed by atoms with Gasteiger partial charge in [-0.15, -0.1) is 0 Å². The third kappa shape index (κ3) is 2.75. The summed E-state index contributed by atoms with van der Waals surface area (Å²) in [5, 5.41) is 0. The molecule has 0 heterocycles. The van der Waals surface area contributed by atoms with Gasteiger partial charge < -0.3 is 0 Å².